The van der Waals surface area contributed by atoms with E-state index in [9.17, 15) is 26.4 Å². The van der Waals surface area contributed by atoms with Gasteiger partial charge in [-0.3, -0.25) is 9.10 Å². The average Bonchev–Trinajstić information content (AvgIpc) is 2.76. The minimum Gasteiger partial charge on any atom is -0.455 e. The highest BCUT2D eigenvalue weighted by molar-refractivity contribution is 7.92. The fraction of sp³-hybridized carbons (Fsp3) is 0.174. The number of benzene rings is 3. The van der Waals surface area contributed by atoms with Crippen LogP contribution in [0.3, 0.4) is 0 Å². The Bertz CT molecular complexity index is 1220. The molecule has 3 aromatic carbocycles. The molecule has 0 saturated carbocycles. The lowest BCUT2D eigenvalue weighted by atomic mass is 10.1. The number of carbonyl (C=O) groups is 1. The SMILES string of the molecule is CS(=O)(=O)N(CC(=O)NCc1cccc(C(F)(F)F)c1)c1ccccc1Oc1ccccc1. The van der Waals surface area contributed by atoms with Crippen LogP contribution in [-0.4, -0.2) is 27.1 Å². The molecule has 0 aromatic heterocycles. The second kappa shape index (κ2) is 9.95. The summed E-state index contributed by atoms with van der Waals surface area (Å²) in [5.41, 5.74) is -0.450. The second-order valence-electron chi connectivity index (χ2n) is 7.13. The molecule has 3 rings (SSSR count). The standard InChI is InChI=1S/C23H21F3N2O4S/c1-33(30,31)28(20-12-5-6-13-21(20)32-19-10-3-2-4-11-19)16-22(29)27-15-17-8-7-9-18(14-17)23(24,25)26/h2-14H,15-16H2,1H3,(H,27,29). The lowest BCUT2D eigenvalue weighted by Crippen LogP contribution is -2.40. The molecule has 174 valence electrons. The van der Waals surface area contributed by atoms with Crippen LogP contribution < -0.4 is 14.4 Å². The number of nitrogens with one attached hydrogen (secondary N) is 1. The van der Waals surface area contributed by atoms with Gasteiger partial charge in [-0.25, -0.2) is 8.42 Å². The molecular weight excluding hydrogens is 457 g/mol. The lowest BCUT2D eigenvalue weighted by Gasteiger charge is -2.24. The van der Waals surface area contributed by atoms with Gasteiger partial charge < -0.3 is 10.1 Å². The summed E-state index contributed by atoms with van der Waals surface area (Å²) in [4.78, 5) is 12.5. The zero-order valence-electron chi connectivity index (χ0n) is 17.5. The quantitative estimate of drug-likeness (QED) is 0.514. The maximum absolute atomic E-state index is 12.9. The molecule has 33 heavy (non-hydrogen) atoms. The van der Waals surface area contributed by atoms with Crippen LogP contribution in [0.5, 0.6) is 11.5 Å². The number of alkyl halides is 3. The van der Waals surface area contributed by atoms with Crippen LogP contribution >= 0.6 is 0 Å². The minimum atomic E-state index is -4.50. The van der Waals surface area contributed by atoms with Crippen LogP contribution in [-0.2, 0) is 27.5 Å². The Morgan fingerprint density at radius 3 is 2.30 bits per heavy atom. The van der Waals surface area contributed by atoms with E-state index >= 15 is 0 Å². The number of halogens is 3. The Morgan fingerprint density at radius 1 is 0.970 bits per heavy atom. The van der Waals surface area contributed by atoms with Crippen LogP contribution in [0.1, 0.15) is 11.1 Å². The van der Waals surface area contributed by atoms with Crippen molar-refractivity contribution in [3.63, 3.8) is 0 Å². The van der Waals surface area contributed by atoms with Gasteiger partial charge in [-0.2, -0.15) is 13.2 Å². The number of hydrogen-bond acceptors (Lipinski definition) is 4. The van der Waals surface area contributed by atoms with Crippen molar-refractivity contribution in [3.05, 3.63) is 90.0 Å². The van der Waals surface area contributed by atoms with Gasteiger partial charge in [-0.05, 0) is 42.0 Å². The molecule has 0 saturated heterocycles. The molecule has 0 bridgehead atoms. The van der Waals surface area contributed by atoms with E-state index in [1.165, 1.54) is 18.2 Å². The van der Waals surface area contributed by atoms with Gasteiger partial charge in [0.2, 0.25) is 15.9 Å². The molecule has 0 atom stereocenters. The highest BCUT2D eigenvalue weighted by atomic mass is 32.2. The minimum absolute atomic E-state index is 0.151. The van der Waals surface area contributed by atoms with Crippen molar-refractivity contribution in [2.45, 2.75) is 12.7 Å². The molecule has 0 spiro atoms. The van der Waals surface area contributed by atoms with Crippen LogP contribution in [0.25, 0.3) is 0 Å². The molecular formula is C23H21F3N2O4S. The smallest absolute Gasteiger partial charge is 0.416 e. The van der Waals surface area contributed by atoms with E-state index < -0.39 is 34.2 Å². The highest BCUT2D eigenvalue weighted by Crippen LogP contribution is 2.33. The number of rotatable bonds is 8. The van der Waals surface area contributed by atoms with E-state index in [1.807, 2.05) is 0 Å². The number of para-hydroxylation sites is 3. The zero-order valence-corrected chi connectivity index (χ0v) is 18.4. The first-order valence-electron chi connectivity index (χ1n) is 9.76. The fourth-order valence-electron chi connectivity index (χ4n) is 2.99. The number of carbonyl (C=O) groups excluding carboxylic acids is 1. The predicted molar refractivity (Wildman–Crippen MR) is 118 cm³/mol. The summed E-state index contributed by atoms with van der Waals surface area (Å²) in [6, 6.07) is 19.6. The van der Waals surface area contributed by atoms with Gasteiger partial charge in [0.1, 0.15) is 12.3 Å². The molecule has 0 radical (unpaired) electrons. The molecule has 3 aromatic rings. The Morgan fingerprint density at radius 2 is 1.64 bits per heavy atom. The van der Waals surface area contributed by atoms with Crippen molar-refractivity contribution in [1.29, 1.82) is 0 Å². The topological polar surface area (TPSA) is 75.7 Å². The summed E-state index contributed by atoms with van der Waals surface area (Å²) in [6.45, 7) is -0.768. The molecule has 0 heterocycles. The third kappa shape index (κ3) is 6.72. The fourth-order valence-corrected chi connectivity index (χ4v) is 3.85. The molecule has 6 nitrogen and oxygen atoms in total. The van der Waals surface area contributed by atoms with Gasteiger partial charge in [-0.15, -0.1) is 0 Å². The van der Waals surface area contributed by atoms with Gasteiger partial charge in [0, 0.05) is 6.54 Å². The van der Waals surface area contributed by atoms with Crippen molar-refractivity contribution in [2.24, 2.45) is 0 Å². The molecule has 0 aliphatic rings. The lowest BCUT2D eigenvalue weighted by molar-refractivity contribution is -0.137. The van der Waals surface area contributed by atoms with Crippen LogP contribution in [0.4, 0.5) is 18.9 Å². The van der Waals surface area contributed by atoms with Crippen LogP contribution in [0.2, 0.25) is 0 Å². The van der Waals surface area contributed by atoms with Crippen LogP contribution in [0, 0.1) is 0 Å². The summed E-state index contributed by atoms with van der Waals surface area (Å²) < 4.78 is 70.2. The van der Waals surface area contributed by atoms with Crippen molar-refractivity contribution < 1.29 is 31.1 Å². The Balaban J connectivity index is 1.77. The number of hydrogen-bond donors (Lipinski definition) is 1. The summed E-state index contributed by atoms with van der Waals surface area (Å²) in [6.07, 6.45) is -3.55. The first-order valence-corrected chi connectivity index (χ1v) is 11.6. The molecule has 1 N–H and O–H groups in total. The maximum Gasteiger partial charge on any atom is 0.416 e. The van der Waals surface area contributed by atoms with Gasteiger partial charge in [0.25, 0.3) is 0 Å². The van der Waals surface area contributed by atoms with Gasteiger partial charge >= 0.3 is 6.18 Å². The molecule has 10 heteroatoms. The van der Waals surface area contributed by atoms with E-state index in [2.05, 4.69) is 5.32 Å². The summed E-state index contributed by atoms with van der Waals surface area (Å²) in [5, 5.41) is 2.47. The van der Waals surface area contributed by atoms with Gasteiger partial charge in [-0.1, -0.05) is 42.5 Å². The van der Waals surface area contributed by atoms with Crippen molar-refractivity contribution in [3.8, 4) is 11.5 Å². The largest absolute Gasteiger partial charge is 0.455 e. The summed E-state index contributed by atoms with van der Waals surface area (Å²) in [5.74, 6) is 0.0135. The number of nitrogens with zero attached hydrogens (tertiary/aromatic N) is 1. The van der Waals surface area contributed by atoms with Crippen molar-refractivity contribution >= 4 is 21.6 Å². The van der Waals surface area contributed by atoms with E-state index in [4.69, 9.17) is 4.74 Å². The monoisotopic (exact) mass is 478 g/mol. The molecule has 0 fully saturated rings. The summed E-state index contributed by atoms with van der Waals surface area (Å²) in [7, 11) is -3.89. The highest BCUT2D eigenvalue weighted by Gasteiger charge is 2.30. The Kier molecular flexibility index (Phi) is 7.27. The van der Waals surface area contributed by atoms with E-state index in [0.717, 1.165) is 22.7 Å². The average molecular weight is 478 g/mol. The number of amides is 1. The molecule has 1 amide bonds. The van der Waals surface area contributed by atoms with E-state index in [0.29, 0.717) is 5.75 Å². The molecule has 0 unspecified atom stereocenters. The first-order chi connectivity index (χ1) is 15.5. The number of anilines is 1. The van der Waals surface area contributed by atoms with Crippen molar-refractivity contribution in [1.82, 2.24) is 5.32 Å². The first kappa shape index (κ1) is 24.1. The summed E-state index contributed by atoms with van der Waals surface area (Å²) >= 11 is 0. The third-order valence-corrected chi connectivity index (χ3v) is 5.66. The zero-order chi connectivity index (χ0) is 24.1. The maximum atomic E-state index is 12.9. The number of sulfonamides is 1. The third-order valence-electron chi connectivity index (χ3n) is 4.54. The molecule has 0 aliphatic carbocycles. The van der Waals surface area contributed by atoms with Gasteiger partial charge in [0.05, 0.1) is 17.5 Å². The normalized spacial score (nSPS) is 11.6. The van der Waals surface area contributed by atoms with Crippen LogP contribution in [0.15, 0.2) is 78.9 Å². The number of ether oxygens (including phenoxy) is 1. The Hall–Kier alpha value is -3.53. The van der Waals surface area contributed by atoms with Gasteiger partial charge in [0.15, 0.2) is 5.75 Å². The molecule has 0 aliphatic heterocycles. The Labute approximate surface area is 189 Å². The predicted octanol–water partition coefficient (Wildman–Crippen LogP) is 4.58. The van der Waals surface area contributed by atoms with E-state index in [-0.39, 0.29) is 23.5 Å². The van der Waals surface area contributed by atoms with E-state index in [1.54, 1.807) is 48.5 Å². The van der Waals surface area contributed by atoms with Crippen molar-refractivity contribution in [2.75, 3.05) is 17.1 Å². The second-order valence-corrected chi connectivity index (χ2v) is 9.03.